The maximum atomic E-state index is 12.2. The zero-order chi connectivity index (χ0) is 13.0. The summed E-state index contributed by atoms with van der Waals surface area (Å²) in [5.41, 5.74) is 7.85. The van der Waals surface area contributed by atoms with Gasteiger partial charge in [0.25, 0.3) is 0 Å². The third kappa shape index (κ3) is 2.57. The molecule has 0 unspecified atom stereocenters. The SMILES string of the molecule is COc1ccc(C(=O)c2ccc(CN)cc2)cc1. The zero-order valence-corrected chi connectivity index (χ0v) is 10.2. The number of rotatable bonds is 4. The van der Waals surface area contributed by atoms with Crippen molar-refractivity contribution in [1.29, 1.82) is 0 Å². The minimum absolute atomic E-state index is 0.00113. The van der Waals surface area contributed by atoms with Crippen LogP contribution in [0.5, 0.6) is 5.75 Å². The average molecular weight is 241 g/mol. The van der Waals surface area contributed by atoms with Crippen LogP contribution >= 0.6 is 0 Å². The molecule has 0 aromatic heterocycles. The Morgan fingerprint density at radius 2 is 1.50 bits per heavy atom. The highest BCUT2D eigenvalue weighted by atomic mass is 16.5. The second-order valence-corrected chi connectivity index (χ2v) is 3.96. The number of benzene rings is 2. The van der Waals surface area contributed by atoms with Gasteiger partial charge < -0.3 is 10.5 Å². The van der Waals surface area contributed by atoms with Gasteiger partial charge in [0.05, 0.1) is 7.11 Å². The standard InChI is InChI=1S/C15H15NO2/c1-18-14-8-6-13(7-9-14)15(17)12-4-2-11(10-16)3-5-12/h2-9H,10,16H2,1H3. The molecular weight excluding hydrogens is 226 g/mol. The Morgan fingerprint density at radius 3 is 1.94 bits per heavy atom. The van der Waals surface area contributed by atoms with E-state index in [0.29, 0.717) is 17.7 Å². The molecule has 0 heterocycles. The molecule has 2 aromatic carbocycles. The Hall–Kier alpha value is -2.13. The van der Waals surface area contributed by atoms with Crippen molar-refractivity contribution in [3.63, 3.8) is 0 Å². The highest BCUT2D eigenvalue weighted by Crippen LogP contribution is 2.15. The number of hydrogen-bond acceptors (Lipinski definition) is 3. The maximum absolute atomic E-state index is 12.2. The Morgan fingerprint density at radius 1 is 1.00 bits per heavy atom. The Bertz CT molecular complexity index is 480. The van der Waals surface area contributed by atoms with E-state index in [2.05, 4.69) is 0 Å². The van der Waals surface area contributed by atoms with Gasteiger partial charge >= 0.3 is 0 Å². The van der Waals surface area contributed by atoms with Gasteiger partial charge in [0.15, 0.2) is 5.78 Å². The molecule has 0 aliphatic heterocycles. The molecule has 2 N–H and O–H groups in total. The number of ether oxygens (including phenoxy) is 1. The Kier molecular flexibility index (Phi) is 3.75. The molecular formula is C15H15NO2. The summed E-state index contributed by atoms with van der Waals surface area (Å²) in [7, 11) is 1.60. The van der Waals surface area contributed by atoms with Crippen LogP contribution in [0.15, 0.2) is 48.5 Å². The van der Waals surface area contributed by atoms with E-state index in [0.717, 1.165) is 11.3 Å². The molecule has 18 heavy (non-hydrogen) atoms. The van der Waals surface area contributed by atoms with Gasteiger partial charge in [0.1, 0.15) is 5.75 Å². The Balaban J connectivity index is 2.23. The van der Waals surface area contributed by atoms with Crippen molar-refractivity contribution in [2.45, 2.75) is 6.54 Å². The van der Waals surface area contributed by atoms with Gasteiger partial charge in [-0.2, -0.15) is 0 Å². The van der Waals surface area contributed by atoms with Crippen LogP contribution < -0.4 is 10.5 Å². The van der Waals surface area contributed by atoms with Gasteiger partial charge in [0.2, 0.25) is 0 Å². The number of carbonyl (C=O) groups is 1. The maximum Gasteiger partial charge on any atom is 0.193 e. The van der Waals surface area contributed by atoms with E-state index in [1.54, 1.807) is 43.5 Å². The first-order chi connectivity index (χ1) is 8.74. The number of hydrogen-bond donors (Lipinski definition) is 1. The lowest BCUT2D eigenvalue weighted by molar-refractivity contribution is 0.103. The van der Waals surface area contributed by atoms with Crippen molar-refractivity contribution in [3.8, 4) is 5.75 Å². The van der Waals surface area contributed by atoms with E-state index in [1.807, 2.05) is 12.1 Å². The van der Waals surface area contributed by atoms with Gasteiger partial charge in [-0.25, -0.2) is 0 Å². The lowest BCUT2D eigenvalue weighted by Crippen LogP contribution is -2.02. The predicted molar refractivity (Wildman–Crippen MR) is 70.8 cm³/mol. The quantitative estimate of drug-likeness (QED) is 0.836. The van der Waals surface area contributed by atoms with E-state index >= 15 is 0 Å². The third-order valence-electron chi connectivity index (χ3n) is 2.80. The first-order valence-corrected chi connectivity index (χ1v) is 5.72. The van der Waals surface area contributed by atoms with Crippen LogP contribution in [0.1, 0.15) is 21.5 Å². The monoisotopic (exact) mass is 241 g/mol. The van der Waals surface area contributed by atoms with Crippen molar-refractivity contribution < 1.29 is 9.53 Å². The molecule has 0 saturated heterocycles. The van der Waals surface area contributed by atoms with Gasteiger partial charge in [-0.1, -0.05) is 24.3 Å². The summed E-state index contributed by atoms with van der Waals surface area (Å²) in [4.78, 5) is 12.2. The summed E-state index contributed by atoms with van der Waals surface area (Å²) in [6.45, 7) is 0.483. The molecule has 0 atom stereocenters. The first-order valence-electron chi connectivity index (χ1n) is 5.72. The van der Waals surface area contributed by atoms with Crippen LogP contribution in [0, 0.1) is 0 Å². The minimum atomic E-state index is 0.00113. The fourth-order valence-electron chi connectivity index (χ4n) is 1.70. The van der Waals surface area contributed by atoms with Gasteiger partial charge in [-0.15, -0.1) is 0 Å². The summed E-state index contributed by atoms with van der Waals surface area (Å²) in [5.74, 6) is 0.742. The van der Waals surface area contributed by atoms with Crippen LogP contribution in [-0.2, 0) is 6.54 Å². The summed E-state index contributed by atoms with van der Waals surface area (Å²) in [6.07, 6.45) is 0. The van der Waals surface area contributed by atoms with E-state index in [4.69, 9.17) is 10.5 Å². The van der Waals surface area contributed by atoms with Crippen molar-refractivity contribution in [2.24, 2.45) is 5.73 Å². The summed E-state index contributed by atoms with van der Waals surface area (Å²) < 4.78 is 5.06. The second-order valence-electron chi connectivity index (χ2n) is 3.96. The van der Waals surface area contributed by atoms with E-state index in [1.165, 1.54) is 0 Å². The lowest BCUT2D eigenvalue weighted by atomic mass is 10.0. The summed E-state index contributed by atoms with van der Waals surface area (Å²) in [6, 6.07) is 14.4. The number of nitrogens with two attached hydrogens (primary N) is 1. The molecule has 92 valence electrons. The smallest absolute Gasteiger partial charge is 0.193 e. The van der Waals surface area contributed by atoms with E-state index < -0.39 is 0 Å². The fourth-order valence-corrected chi connectivity index (χ4v) is 1.70. The first kappa shape index (κ1) is 12.3. The van der Waals surface area contributed by atoms with Crippen molar-refractivity contribution in [1.82, 2.24) is 0 Å². The molecule has 0 radical (unpaired) electrons. The molecule has 0 saturated carbocycles. The lowest BCUT2D eigenvalue weighted by Gasteiger charge is -2.04. The van der Waals surface area contributed by atoms with Crippen LogP contribution in [0.4, 0.5) is 0 Å². The van der Waals surface area contributed by atoms with Crippen LogP contribution in [0.3, 0.4) is 0 Å². The Labute approximate surface area is 106 Å². The number of methoxy groups -OCH3 is 1. The second kappa shape index (κ2) is 5.47. The molecule has 3 nitrogen and oxygen atoms in total. The van der Waals surface area contributed by atoms with E-state index in [-0.39, 0.29) is 5.78 Å². The van der Waals surface area contributed by atoms with Crippen molar-refractivity contribution in [3.05, 3.63) is 65.2 Å². The summed E-state index contributed by atoms with van der Waals surface area (Å²) >= 11 is 0. The molecule has 3 heteroatoms. The molecule has 0 amide bonds. The number of carbonyl (C=O) groups excluding carboxylic acids is 1. The van der Waals surface area contributed by atoms with Crippen LogP contribution in [-0.4, -0.2) is 12.9 Å². The van der Waals surface area contributed by atoms with Crippen molar-refractivity contribution in [2.75, 3.05) is 7.11 Å². The van der Waals surface area contributed by atoms with Gasteiger partial charge in [0, 0.05) is 17.7 Å². The topological polar surface area (TPSA) is 52.3 Å². The molecule has 0 fully saturated rings. The highest BCUT2D eigenvalue weighted by Gasteiger charge is 2.08. The van der Waals surface area contributed by atoms with Crippen LogP contribution in [0.25, 0.3) is 0 Å². The fraction of sp³-hybridized carbons (Fsp3) is 0.133. The molecule has 0 aliphatic rings. The van der Waals surface area contributed by atoms with Crippen molar-refractivity contribution >= 4 is 5.78 Å². The zero-order valence-electron chi connectivity index (χ0n) is 10.2. The average Bonchev–Trinajstić information content (AvgIpc) is 2.47. The van der Waals surface area contributed by atoms with E-state index in [9.17, 15) is 4.79 Å². The van der Waals surface area contributed by atoms with Gasteiger partial charge in [-0.3, -0.25) is 4.79 Å². The molecule has 2 aromatic rings. The highest BCUT2D eigenvalue weighted by molar-refractivity contribution is 6.09. The molecule has 0 spiro atoms. The molecule has 2 rings (SSSR count). The predicted octanol–water partition coefficient (Wildman–Crippen LogP) is 2.38. The van der Waals surface area contributed by atoms with Gasteiger partial charge in [-0.05, 0) is 29.8 Å². The molecule has 0 bridgehead atoms. The largest absolute Gasteiger partial charge is 0.497 e. The minimum Gasteiger partial charge on any atom is -0.497 e. The molecule has 0 aliphatic carbocycles. The summed E-state index contributed by atoms with van der Waals surface area (Å²) in [5, 5.41) is 0. The van der Waals surface area contributed by atoms with Crippen LogP contribution in [0.2, 0.25) is 0 Å². The number of ketones is 1. The normalized spacial score (nSPS) is 10.1. The third-order valence-corrected chi connectivity index (χ3v) is 2.80.